The van der Waals surface area contributed by atoms with Crippen LogP contribution >= 0.6 is 0 Å². The number of fused-ring (bicyclic) bond motifs is 1. The lowest BCUT2D eigenvalue weighted by Crippen LogP contribution is -2.34. The van der Waals surface area contributed by atoms with Gasteiger partial charge in [0.25, 0.3) is 0 Å². The standard InChI is InChI=1S/C23H21F2N5O4/c1-33-18-8-14-3-4-30(22(32)10-15(14)9-19(18)34-2)12-21(31)27-23-26-20(28-29-23)7-13-5-16(24)11-17(25)6-13/h3-6,8-9,11H,7,10,12H2,1-2H3,(H2,26,27,28,29,31). The van der Waals surface area contributed by atoms with Crippen molar-refractivity contribution in [2.75, 3.05) is 26.1 Å². The van der Waals surface area contributed by atoms with E-state index in [1.807, 2.05) is 0 Å². The summed E-state index contributed by atoms with van der Waals surface area (Å²) in [7, 11) is 3.04. The van der Waals surface area contributed by atoms with Crippen LogP contribution in [-0.4, -0.2) is 52.7 Å². The number of nitrogens with one attached hydrogen (secondary N) is 2. The van der Waals surface area contributed by atoms with E-state index in [-0.39, 0.29) is 31.2 Å². The lowest BCUT2D eigenvalue weighted by atomic mass is 10.0. The molecule has 0 saturated heterocycles. The van der Waals surface area contributed by atoms with Crippen LogP contribution < -0.4 is 14.8 Å². The maximum atomic E-state index is 13.4. The van der Waals surface area contributed by atoms with E-state index in [1.165, 1.54) is 37.5 Å². The van der Waals surface area contributed by atoms with E-state index in [0.717, 1.165) is 17.2 Å². The summed E-state index contributed by atoms with van der Waals surface area (Å²) in [6.07, 6.45) is 3.42. The molecule has 0 atom stereocenters. The van der Waals surface area contributed by atoms with Gasteiger partial charge >= 0.3 is 0 Å². The molecule has 3 aromatic rings. The van der Waals surface area contributed by atoms with Gasteiger partial charge in [-0.05, 0) is 47.0 Å². The molecular formula is C23H21F2N5O4. The number of aromatic amines is 1. The van der Waals surface area contributed by atoms with Crippen molar-refractivity contribution >= 4 is 23.8 Å². The van der Waals surface area contributed by atoms with Gasteiger partial charge in [-0.3, -0.25) is 20.0 Å². The molecule has 1 aliphatic rings. The van der Waals surface area contributed by atoms with Crippen molar-refractivity contribution in [2.24, 2.45) is 0 Å². The molecule has 9 nitrogen and oxygen atoms in total. The second kappa shape index (κ2) is 9.69. The van der Waals surface area contributed by atoms with Crippen molar-refractivity contribution in [3.05, 3.63) is 70.7 Å². The molecule has 11 heteroatoms. The highest BCUT2D eigenvalue weighted by Gasteiger charge is 2.22. The molecule has 0 unspecified atom stereocenters. The maximum Gasteiger partial charge on any atom is 0.248 e. The summed E-state index contributed by atoms with van der Waals surface area (Å²) in [5, 5.41) is 9.02. The second-order valence-corrected chi connectivity index (χ2v) is 7.53. The van der Waals surface area contributed by atoms with E-state index >= 15 is 0 Å². The van der Waals surface area contributed by atoms with Gasteiger partial charge in [-0.25, -0.2) is 8.78 Å². The summed E-state index contributed by atoms with van der Waals surface area (Å²) in [6, 6.07) is 6.65. The molecular weight excluding hydrogens is 448 g/mol. The highest BCUT2D eigenvalue weighted by Crippen LogP contribution is 2.32. The largest absolute Gasteiger partial charge is 0.493 e. The lowest BCUT2D eigenvalue weighted by Gasteiger charge is -2.16. The number of anilines is 1. The van der Waals surface area contributed by atoms with Crippen molar-refractivity contribution in [1.29, 1.82) is 0 Å². The minimum absolute atomic E-state index is 0.0131. The average molecular weight is 469 g/mol. The molecule has 1 aromatic heterocycles. The summed E-state index contributed by atoms with van der Waals surface area (Å²) in [5.41, 5.74) is 1.88. The van der Waals surface area contributed by atoms with Crippen LogP contribution in [0.4, 0.5) is 14.7 Å². The molecule has 0 aliphatic carbocycles. The number of hydrogen-bond donors (Lipinski definition) is 2. The molecule has 0 saturated carbocycles. The van der Waals surface area contributed by atoms with Gasteiger partial charge < -0.3 is 14.4 Å². The fraction of sp³-hybridized carbons (Fsp3) is 0.217. The number of halogens is 2. The maximum absolute atomic E-state index is 13.4. The molecule has 0 bridgehead atoms. The van der Waals surface area contributed by atoms with Crippen LogP contribution in [0.1, 0.15) is 22.5 Å². The third-order valence-electron chi connectivity index (χ3n) is 5.13. The highest BCUT2D eigenvalue weighted by atomic mass is 19.1. The molecule has 2 aromatic carbocycles. The van der Waals surface area contributed by atoms with E-state index in [9.17, 15) is 18.4 Å². The summed E-state index contributed by atoms with van der Waals surface area (Å²) in [5.74, 6) is -0.844. The lowest BCUT2D eigenvalue weighted by molar-refractivity contribution is -0.131. The first-order chi connectivity index (χ1) is 16.3. The van der Waals surface area contributed by atoms with E-state index < -0.39 is 17.5 Å². The number of hydrogen-bond acceptors (Lipinski definition) is 6. The van der Waals surface area contributed by atoms with Crippen LogP contribution in [-0.2, 0) is 22.4 Å². The Balaban J connectivity index is 1.40. The summed E-state index contributed by atoms with van der Waals surface area (Å²) >= 11 is 0. The number of ether oxygens (including phenoxy) is 2. The monoisotopic (exact) mass is 469 g/mol. The summed E-state index contributed by atoms with van der Waals surface area (Å²) in [6.45, 7) is -0.253. The third kappa shape index (κ3) is 5.20. The van der Waals surface area contributed by atoms with Gasteiger partial charge in [0.15, 0.2) is 11.5 Å². The van der Waals surface area contributed by atoms with Crippen molar-refractivity contribution in [2.45, 2.75) is 12.8 Å². The number of amides is 2. The van der Waals surface area contributed by atoms with Crippen LogP contribution in [0.3, 0.4) is 0 Å². The molecule has 2 N–H and O–H groups in total. The van der Waals surface area contributed by atoms with Gasteiger partial charge in [0.2, 0.25) is 17.8 Å². The zero-order valence-corrected chi connectivity index (χ0v) is 18.4. The Morgan fingerprint density at radius 1 is 1.12 bits per heavy atom. The predicted molar refractivity (Wildman–Crippen MR) is 118 cm³/mol. The molecule has 176 valence electrons. The van der Waals surface area contributed by atoms with Gasteiger partial charge in [-0.2, -0.15) is 4.98 Å². The van der Waals surface area contributed by atoms with Gasteiger partial charge in [-0.15, -0.1) is 5.10 Å². The Morgan fingerprint density at radius 3 is 2.53 bits per heavy atom. The van der Waals surface area contributed by atoms with E-state index in [1.54, 1.807) is 18.2 Å². The number of H-pyrrole nitrogens is 1. The van der Waals surface area contributed by atoms with E-state index in [2.05, 4.69) is 20.5 Å². The minimum atomic E-state index is -0.697. The fourth-order valence-electron chi connectivity index (χ4n) is 3.56. The Hall–Kier alpha value is -4.28. The van der Waals surface area contributed by atoms with Crippen molar-refractivity contribution < 1.29 is 27.8 Å². The number of methoxy groups -OCH3 is 2. The summed E-state index contributed by atoms with van der Waals surface area (Å²) in [4.78, 5) is 30.6. The number of carbonyl (C=O) groups excluding carboxylic acids is 2. The number of aromatic nitrogens is 3. The first kappa shape index (κ1) is 22.9. The molecule has 0 radical (unpaired) electrons. The van der Waals surface area contributed by atoms with Crippen LogP contribution in [0.2, 0.25) is 0 Å². The molecule has 0 fully saturated rings. The third-order valence-corrected chi connectivity index (χ3v) is 5.13. The van der Waals surface area contributed by atoms with E-state index in [0.29, 0.717) is 22.9 Å². The Labute approximate surface area is 193 Å². The average Bonchev–Trinajstić information content (AvgIpc) is 3.15. The Bertz CT molecular complexity index is 1250. The second-order valence-electron chi connectivity index (χ2n) is 7.53. The van der Waals surface area contributed by atoms with Gasteiger partial charge in [0.1, 0.15) is 24.0 Å². The first-order valence-corrected chi connectivity index (χ1v) is 10.2. The number of rotatable bonds is 7. The quantitative estimate of drug-likeness (QED) is 0.551. The molecule has 0 spiro atoms. The first-order valence-electron chi connectivity index (χ1n) is 10.2. The van der Waals surface area contributed by atoms with Crippen LogP contribution in [0.25, 0.3) is 6.08 Å². The van der Waals surface area contributed by atoms with Gasteiger partial charge in [0.05, 0.1) is 20.6 Å². The number of benzene rings is 2. The molecule has 1 aliphatic heterocycles. The topological polar surface area (TPSA) is 109 Å². The van der Waals surface area contributed by atoms with Crippen molar-refractivity contribution in [3.63, 3.8) is 0 Å². The fourth-order valence-corrected chi connectivity index (χ4v) is 3.56. The SMILES string of the molecule is COc1cc2c(cc1OC)CC(=O)N(CC(=O)Nc1n[nH]c(Cc3cc(F)cc(F)c3)n1)C=C2. The van der Waals surface area contributed by atoms with Gasteiger partial charge in [0, 0.05) is 18.7 Å². The highest BCUT2D eigenvalue weighted by molar-refractivity contribution is 5.94. The van der Waals surface area contributed by atoms with Crippen LogP contribution in [0.15, 0.2) is 36.5 Å². The van der Waals surface area contributed by atoms with E-state index in [4.69, 9.17) is 9.47 Å². The van der Waals surface area contributed by atoms with Crippen LogP contribution in [0, 0.1) is 11.6 Å². The normalized spacial score (nSPS) is 12.8. The predicted octanol–water partition coefficient (Wildman–Crippen LogP) is 2.69. The van der Waals surface area contributed by atoms with Crippen molar-refractivity contribution in [3.8, 4) is 11.5 Å². The zero-order valence-electron chi connectivity index (χ0n) is 18.4. The van der Waals surface area contributed by atoms with Crippen LogP contribution in [0.5, 0.6) is 11.5 Å². The smallest absolute Gasteiger partial charge is 0.248 e. The molecule has 4 rings (SSSR count). The zero-order chi connectivity index (χ0) is 24.2. The Morgan fingerprint density at radius 2 is 1.82 bits per heavy atom. The number of nitrogens with zero attached hydrogens (tertiary/aromatic N) is 3. The number of carbonyl (C=O) groups is 2. The van der Waals surface area contributed by atoms with Gasteiger partial charge in [-0.1, -0.05) is 0 Å². The Kier molecular flexibility index (Phi) is 6.53. The van der Waals surface area contributed by atoms with Crippen molar-refractivity contribution in [1.82, 2.24) is 20.1 Å². The molecule has 2 amide bonds. The molecule has 2 heterocycles. The minimum Gasteiger partial charge on any atom is -0.493 e. The summed E-state index contributed by atoms with van der Waals surface area (Å²) < 4.78 is 37.3. The molecule has 34 heavy (non-hydrogen) atoms.